The molecule has 0 unspecified atom stereocenters. The molecule has 70 valence electrons. The average molecular weight is 171 g/mol. The van der Waals surface area contributed by atoms with E-state index in [4.69, 9.17) is 4.74 Å². The number of carbonyl (C=O) groups excluding carboxylic acids is 1. The van der Waals surface area contributed by atoms with E-state index in [0.29, 0.717) is 12.6 Å². The Bertz CT molecular complexity index is 181. The van der Waals surface area contributed by atoms with Crippen LogP contribution < -0.4 is 5.32 Å². The molecule has 0 saturated carbocycles. The van der Waals surface area contributed by atoms with Gasteiger partial charge in [0.1, 0.15) is 5.54 Å². The van der Waals surface area contributed by atoms with Crippen molar-refractivity contribution in [1.29, 1.82) is 0 Å². The number of ether oxygens (including phenoxy) is 1. The van der Waals surface area contributed by atoms with Gasteiger partial charge in [-0.2, -0.15) is 0 Å². The van der Waals surface area contributed by atoms with Crippen LogP contribution in [0.15, 0.2) is 0 Å². The first-order valence-electron chi connectivity index (χ1n) is 4.53. The fraction of sp³-hybridized carbons (Fsp3) is 0.889. The molecule has 1 aliphatic heterocycles. The number of rotatable bonds is 2. The lowest BCUT2D eigenvalue weighted by Crippen LogP contribution is -2.47. The molecule has 0 amide bonds. The normalized spacial score (nSPS) is 35.1. The van der Waals surface area contributed by atoms with Crippen molar-refractivity contribution in [1.82, 2.24) is 5.32 Å². The molecule has 0 spiro atoms. The smallest absolute Gasteiger partial charge is 0.326 e. The Balaban J connectivity index is 2.54. The third-order valence-electron chi connectivity index (χ3n) is 2.37. The Morgan fingerprint density at radius 1 is 1.75 bits per heavy atom. The second-order valence-electron chi connectivity index (χ2n) is 3.64. The van der Waals surface area contributed by atoms with Crippen LogP contribution >= 0.6 is 0 Å². The van der Waals surface area contributed by atoms with Gasteiger partial charge in [0.15, 0.2) is 0 Å². The minimum atomic E-state index is -0.435. The number of nitrogens with one attached hydrogen (secondary N) is 1. The van der Waals surface area contributed by atoms with E-state index < -0.39 is 5.54 Å². The van der Waals surface area contributed by atoms with Crippen LogP contribution in [0.2, 0.25) is 0 Å². The van der Waals surface area contributed by atoms with Crippen molar-refractivity contribution >= 4 is 5.97 Å². The molecule has 0 aromatic carbocycles. The van der Waals surface area contributed by atoms with Crippen molar-refractivity contribution in [2.75, 3.05) is 6.61 Å². The lowest BCUT2D eigenvalue weighted by Gasteiger charge is -2.22. The highest BCUT2D eigenvalue weighted by molar-refractivity contribution is 5.80. The predicted octanol–water partition coefficient (Wildman–Crippen LogP) is 1.08. The van der Waals surface area contributed by atoms with Crippen molar-refractivity contribution in [3.8, 4) is 0 Å². The van der Waals surface area contributed by atoms with Crippen molar-refractivity contribution in [3.05, 3.63) is 0 Å². The van der Waals surface area contributed by atoms with Gasteiger partial charge in [0, 0.05) is 6.04 Å². The molecular weight excluding hydrogens is 154 g/mol. The molecule has 1 fully saturated rings. The Morgan fingerprint density at radius 3 is 2.83 bits per heavy atom. The summed E-state index contributed by atoms with van der Waals surface area (Å²) < 4.78 is 4.98. The standard InChI is InChI=1S/C9H17NO2/c1-4-12-8(11)9(3)6-5-7(2)10-9/h7,10H,4-6H2,1-3H3/t7-,9+/m1/s1. The van der Waals surface area contributed by atoms with E-state index in [1.54, 1.807) is 0 Å². The topological polar surface area (TPSA) is 38.3 Å². The molecule has 0 bridgehead atoms. The van der Waals surface area contributed by atoms with Crippen LogP contribution in [0.3, 0.4) is 0 Å². The quantitative estimate of drug-likeness (QED) is 0.632. The second-order valence-corrected chi connectivity index (χ2v) is 3.64. The van der Waals surface area contributed by atoms with E-state index in [2.05, 4.69) is 12.2 Å². The third kappa shape index (κ3) is 1.78. The molecule has 1 N–H and O–H groups in total. The zero-order valence-electron chi connectivity index (χ0n) is 8.02. The molecule has 1 aliphatic rings. The maximum absolute atomic E-state index is 11.4. The second kappa shape index (κ2) is 3.44. The summed E-state index contributed by atoms with van der Waals surface area (Å²) in [4.78, 5) is 11.4. The Hall–Kier alpha value is -0.570. The van der Waals surface area contributed by atoms with Gasteiger partial charge in [-0.15, -0.1) is 0 Å². The van der Waals surface area contributed by atoms with Gasteiger partial charge < -0.3 is 4.74 Å². The molecule has 3 nitrogen and oxygen atoms in total. The fourth-order valence-corrected chi connectivity index (χ4v) is 1.64. The lowest BCUT2D eigenvalue weighted by atomic mass is 10.0. The molecule has 0 aromatic heterocycles. The minimum absolute atomic E-state index is 0.116. The summed E-state index contributed by atoms with van der Waals surface area (Å²) in [5.74, 6) is -0.116. The zero-order chi connectivity index (χ0) is 9.19. The summed E-state index contributed by atoms with van der Waals surface area (Å²) in [7, 11) is 0. The first kappa shape index (κ1) is 9.52. The maximum atomic E-state index is 11.4. The first-order chi connectivity index (χ1) is 5.58. The van der Waals surface area contributed by atoms with Gasteiger partial charge in [-0.3, -0.25) is 10.1 Å². The molecule has 0 aromatic rings. The highest BCUT2D eigenvalue weighted by Gasteiger charge is 2.40. The average Bonchev–Trinajstić information content (AvgIpc) is 2.33. The van der Waals surface area contributed by atoms with Crippen molar-refractivity contribution in [3.63, 3.8) is 0 Å². The van der Waals surface area contributed by atoms with Gasteiger partial charge in [0.25, 0.3) is 0 Å². The summed E-state index contributed by atoms with van der Waals surface area (Å²) >= 11 is 0. The van der Waals surface area contributed by atoms with Gasteiger partial charge in [0.05, 0.1) is 6.61 Å². The van der Waals surface area contributed by atoms with Crippen LogP contribution in [0.4, 0.5) is 0 Å². The van der Waals surface area contributed by atoms with E-state index in [1.807, 2.05) is 13.8 Å². The van der Waals surface area contributed by atoms with Crippen molar-refractivity contribution < 1.29 is 9.53 Å². The summed E-state index contributed by atoms with van der Waals surface area (Å²) in [6.45, 7) is 6.29. The van der Waals surface area contributed by atoms with E-state index >= 15 is 0 Å². The van der Waals surface area contributed by atoms with Crippen LogP contribution in [0.1, 0.15) is 33.6 Å². The van der Waals surface area contributed by atoms with Crippen molar-refractivity contribution in [2.45, 2.75) is 45.2 Å². The molecule has 12 heavy (non-hydrogen) atoms. The zero-order valence-corrected chi connectivity index (χ0v) is 8.02. The summed E-state index contributed by atoms with van der Waals surface area (Å²) in [6, 6.07) is 0.430. The SMILES string of the molecule is CCOC(=O)[C@]1(C)CC[C@@H](C)N1. The highest BCUT2D eigenvalue weighted by Crippen LogP contribution is 2.23. The number of esters is 1. The van der Waals surface area contributed by atoms with Gasteiger partial charge in [-0.25, -0.2) is 0 Å². The summed E-state index contributed by atoms with van der Waals surface area (Å²) in [6.07, 6.45) is 1.93. The van der Waals surface area contributed by atoms with E-state index in [0.717, 1.165) is 12.8 Å². The largest absolute Gasteiger partial charge is 0.465 e. The third-order valence-corrected chi connectivity index (χ3v) is 2.37. The van der Waals surface area contributed by atoms with Crippen LogP contribution in [0.5, 0.6) is 0 Å². The first-order valence-corrected chi connectivity index (χ1v) is 4.53. The van der Waals surface area contributed by atoms with Gasteiger partial charge >= 0.3 is 5.97 Å². The predicted molar refractivity (Wildman–Crippen MR) is 46.9 cm³/mol. The molecule has 3 heteroatoms. The molecule has 1 heterocycles. The molecule has 0 aliphatic carbocycles. The van der Waals surface area contributed by atoms with E-state index in [-0.39, 0.29) is 5.97 Å². The Kier molecular flexibility index (Phi) is 2.73. The minimum Gasteiger partial charge on any atom is -0.465 e. The van der Waals surface area contributed by atoms with Crippen LogP contribution in [-0.2, 0) is 9.53 Å². The van der Waals surface area contributed by atoms with Gasteiger partial charge in [0.2, 0.25) is 0 Å². The highest BCUT2D eigenvalue weighted by atomic mass is 16.5. The van der Waals surface area contributed by atoms with E-state index in [9.17, 15) is 4.79 Å². The lowest BCUT2D eigenvalue weighted by molar-refractivity contribution is -0.149. The van der Waals surface area contributed by atoms with E-state index in [1.165, 1.54) is 0 Å². The summed E-state index contributed by atoms with van der Waals surface area (Å²) in [5, 5.41) is 3.24. The maximum Gasteiger partial charge on any atom is 0.326 e. The van der Waals surface area contributed by atoms with Crippen LogP contribution in [-0.4, -0.2) is 24.2 Å². The fourth-order valence-electron chi connectivity index (χ4n) is 1.64. The number of carbonyl (C=O) groups is 1. The summed E-state index contributed by atoms with van der Waals surface area (Å²) in [5.41, 5.74) is -0.435. The molecule has 2 atom stereocenters. The Morgan fingerprint density at radius 2 is 2.42 bits per heavy atom. The van der Waals surface area contributed by atoms with Crippen LogP contribution in [0, 0.1) is 0 Å². The van der Waals surface area contributed by atoms with Gasteiger partial charge in [-0.1, -0.05) is 0 Å². The Labute approximate surface area is 73.5 Å². The number of hydrogen-bond acceptors (Lipinski definition) is 3. The van der Waals surface area contributed by atoms with Crippen LogP contribution in [0.25, 0.3) is 0 Å². The van der Waals surface area contributed by atoms with Crippen molar-refractivity contribution in [2.24, 2.45) is 0 Å². The molecule has 1 rings (SSSR count). The molecular formula is C9H17NO2. The molecule has 1 saturated heterocycles. The molecule has 0 radical (unpaired) electrons. The monoisotopic (exact) mass is 171 g/mol. The van der Waals surface area contributed by atoms with Gasteiger partial charge in [-0.05, 0) is 33.6 Å². The number of hydrogen-bond donors (Lipinski definition) is 1.